The first kappa shape index (κ1) is 14.0. The molecule has 1 N–H and O–H groups in total. The largest absolute Gasteiger partial charge is 0.478 e. The lowest BCUT2D eigenvalue weighted by Crippen LogP contribution is -2.23. The molecule has 0 atom stereocenters. The van der Waals surface area contributed by atoms with Gasteiger partial charge in [0.25, 0.3) is 5.69 Å². The van der Waals surface area contributed by atoms with Crippen molar-refractivity contribution in [3.05, 3.63) is 33.9 Å². The molecule has 98 valence electrons. The molecule has 1 rings (SSSR count). The number of anilines is 1. The monoisotopic (exact) mass is 252 g/mol. The molecule has 6 heteroatoms. The SMILES string of the molecule is CC(C)CN(C)c1cc(C(=O)O)ccc1[N+](=O)[O-]. The molecular weight excluding hydrogens is 236 g/mol. The topological polar surface area (TPSA) is 83.7 Å². The number of aromatic carboxylic acids is 1. The van der Waals surface area contributed by atoms with Gasteiger partial charge in [0.1, 0.15) is 5.69 Å². The van der Waals surface area contributed by atoms with Crippen LogP contribution in [0, 0.1) is 16.0 Å². The zero-order valence-electron chi connectivity index (χ0n) is 10.6. The minimum Gasteiger partial charge on any atom is -0.478 e. The summed E-state index contributed by atoms with van der Waals surface area (Å²) in [5.74, 6) is -0.771. The fourth-order valence-electron chi connectivity index (χ4n) is 1.76. The number of carbonyl (C=O) groups is 1. The quantitative estimate of drug-likeness (QED) is 0.642. The van der Waals surface area contributed by atoms with E-state index in [1.165, 1.54) is 18.2 Å². The third-order valence-electron chi connectivity index (χ3n) is 2.47. The van der Waals surface area contributed by atoms with Crippen molar-refractivity contribution in [2.75, 3.05) is 18.5 Å². The molecule has 0 spiro atoms. The zero-order valence-corrected chi connectivity index (χ0v) is 10.6. The molecule has 0 saturated carbocycles. The predicted molar refractivity (Wildman–Crippen MR) is 68.2 cm³/mol. The van der Waals surface area contributed by atoms with Gasteiger partial charge in [-0.2, -0.15) is 0 Å². The summed E-state index contributed by atoms with van der Waals surface area (Å²) in [5.41, 5.74) is 0.294. The van der Waals surface area contributed by atoms with Crippen LogP contribution < -0.4 is 4.90 Å². The van der Waals surface area contributed by atoms with E-state index in [-0.39, 0.29) is 11.3 Å². The van der Waals surface area contributed by atoms with Gasteiger partial charge in [0, 0.05) is 19.7 Å². The molecule has 0 amide bonds. The van der Waals surface area contributed by atoms with E-state index in [9.17, 15) is 14.9 Å². The smallest absolute Gasteiger partial charge is 0.335 e. The average molecular weight is 252 g/mol. The summed E-state index contributed by atoms with van der Waals surface area (Å²) < 4.78 is 0. The molecule has 18 heavy (non-hydrogen) atoms. The number of rotatable bonds is 5. The number of carboxylic acid groups (broad SMARTS) is 1. The minimum atomic E-state index is -1.09. The van der Waals surface area contributed by atoms with Crippen LogP contribution in [0.2, 0.25) is 0 Å². The molecular formula is C12H16N2O4. The molecule has 1 aromatic rings. The number of nitrogens with zero attached hydrogens (tertiary/aromatic N) is 2. The van der Waals surface area contributed by atoms with Crippen LogP contribution in [0.3, 0.4) is 0 Å². The Balaban J connectivity index is 3.22. The van der Waals surface area contributed by atoms with Crippen molar-refractivity contribution in [2.24, 2.45) is 5.92 Å². The highest BCUT2D eigenvalue weighted by Crippen LogP contribution is 2.29. The Kier molecular flexibility index (Phi) is 4.25. The predicted octanol–water partition coefficient (Wildman–Crippen LogP) is 2.39. The fraction of sp³-hybridized carbons (Fsp3) is 0.417. The summed E-state index contributed by atoms with van der Waals surface area (Å²) in [6.07, 6.45) is 0. The van der Waals surface area contributed by atoms with E-state index in [4.69, 9.17) is 5.11 Å². The average Bonchev–Trinajstić information content (AvgIpc) is 2.26. The molecule has 0 radical (unpaired) electrons. The van der Waals surface area contributed by atoms with E-state index >= 15 is 0 Å². The number of carboxylic acids is 1. The molecule has 0 aliphatic carbocycles. The first-order valence-electron chi connectivity index (χ1n) is 5.55. The molecule has 0 fully saturated rings. The number of hydrogen-bond donors (Lipinski definition) is 1. The van der Waals surface area contributed by atoms with Gasteiger partial charge in [-0.1, -0.05) is 13.8 Å². The Hall–Kier alpha value is -2.11. The number of benzene rings is 1. The Morgan fingerprint density at radius 1 is 1.50 bits per heavy atom. The van der Waals surface area contributed by atoms with Gasteiger partial charge in [-0.3, -0.25) is 10.1 Å². The number of nitro benzene ring substituents is 1. The highest BCUT2D eigenvalue weighted by Gasteiger charge is 2.19. The second-order valence-electron chi connectivity index (χ2n) is 4.54. The third kappa shape index (κ3) is 3.19. The lowest BCUT2D eigenvalue weighted by Gasteiger charge is -2.21. The van der Waals surface area contributed by atoms with Crippen molar-refractivity contribution in [3.63, 3.8) is 0 Å². The van der Waals surface area contributed by atoms with Crippen molar-refractivity contribution in [3.8, 4) is 0 Å². The molecule has 0 unspecified atom stereocenters. The van der Waals surface area contributed by atoms with Crippen LogP contribution in [-0.2, 0) is 0 Å². The number of nitro groups is 1. The first-order chi connectivity index (χ1) is 8.32. The molecule has 0 aromatic heterocycles. The van der Waals surface area contributed by atoms with Crippen molar-refractivity contribution in [2.45, 2.75) is 13.8 Å². The fourth-order valence-corrected chi connectivity index (χ4v) is 1.76. The summed E-state index contributed by atoms with van der Waals surface area (Å²) in [7, 11) is 1.72. The maximum atomic E-state index is 10.9. The second-order valence-corrected chi connectivity index (χ2v) is 4.54. The Morgan fingerprint density at radius 3 is 2.56 bits per heavy atom. The normalized spacial score (nSPS) is 10.4. The maximum absolute atomic E-state index is 10.9. The Bertz CT molecular complexity index is 471. The van der Waals surface area contributed by atoms with E-state index < -0.39 is 10.9 Å². The lowest BCUT2D eigenvalue weighted by atomic mass is 10.1. The summed E-state index contributed by atoms with van der Waals surface area (Å²) in [4.78, 5) is 23.0. The van der Waals surface area contributed by atoms with Gasteiger partial charge in [-0.15, -0.1) is 0 Å². The number of hydrogen-bond acceptors (Lipinski definition) is 4. The molecule has 0 saturated heterocycles. The zero-order chi connectivity index (χ0) is 13.9. The highest BCUT2D eigenvalue weighted by atomic mass is 16.6. The van der Waals surface area contributed by atoms with E-state index in [1.54, 1.807) is 11.9 Å². The van der Waals surface area contributed by atoms with Gasteiger partial charge < -0.3 is 10.0 Å². The van der Waals surface area contributed by atoms with Crippen LogP contribution in [0.1, 0.15) is 24.2 Å². The van der Waals surface area contributed by atoms with E-state index in [0.29, 0.717) is 18.2 Å². The van der Waals surface area contributed by atoms with Gasteiger partial charge in [0.05, 0.1) is 10.5 Å². The standard InChI is InChI=1S/C12H16N2O4/c1-8(2)7-13(3)11-6-9(12(15)16)4-5-10(11)14(17)18/h4-6,8H,7H2,1-3H3,(H,15,16). The summed E-state index contributed by atoms with van der Waals surface area (Å²) >= 11 is 0. The van der Waals surface area contributed by atoms with Crippen molar-refractivity contribution in [1.29, 1.82) is 0 Å². The molecule has 0 aliphatic heterocycles. The van der Waals surface area contributed by atoms with Crippen molar-refractivity contribution in [1.82, 2.24) is 0 Å². The summed E-state index contributed by atoms with van der Waals surface area (Å²) in [6, 6.07) is 3.81. The van der Waals surface area contributed by atoms with E-state index in [0.717, 1.165) is 0 Å². The Labute approximate surface area is 105 Å². The minimum absolute atomic E-state index is 0.0474. The van der Waals surface area contributed by atoms with Crippen LogP contribution in [0.4, 0.5) is 11.4 Å². The second kappa shape index (κ2) is 5.48. The van der Waals surface area contributed by atoms with Crippen molar-refractivity contribution < 1.29 is 14.8 Å². The summed E-state index contributed by atoms with van der Waals surface area (Å²) in [6.45, 7) is 4.59. The van der Waals surface area contributed by atoms with Crippen LogP contribution in [0.5, 0.6) is 0 Å². The van der Waals surface area contributed by atoms with Gasteiger partial charge in [-0.05, 0) is 18.1 Å². The molecule has 0 heterocycles. The lowest BCUT2D eigenvalue weighted by molar-refractivity contribution is -0.384. The van der Waals surface area contributed by atoms with Crippen LogP contribution in [-0.4, -0.2) is 29.6 Å². The third-order valence-corrected chi connectivity index (χ3v) is 2.47. The van der Waals surface area contributed by atoms with Crippen LogP contribution in [0.15, 0.2) is 18.2 Å². The van der Waals surface area contributed by atoms with Gasteiger partial charge in [0.15, 0.2) is 0 Å². The molecule has 0 aliphatic rings. The van der Waals surface area contributed by atoms with Crippen LogP contribution in [0.25, 0.3) is 0 Å². The van der Waals surface area contributed by atoms with E-state index in [1.807, 2.05) is 13.8 Å². The van der Waals surface area contributed by atoms with Crippen LogP contribution >= 0.6 is 0 Å². The molecule has 1 aromatic carbocycles. The van der Waals surface area contributed by atoms with Gasteiger partial charge >= 0.3 is 5.97 Å². The molecule has 6 nitrogen and oxygen atoms in total. The maximum Gasteiger partial charge on any atom is 0.335 e. The summed E-state index contributed by atoms with van der Waals surface area (Å²) in [5, 5.41) is 19.8. The van der Waals surface area contributed by atoms with Gasteiger partial charge in [-0.25, -0.2) is 4.79 Å². The van der Waals surface area contributed by atoms with Crippen molar-refractivity contribution >= 4 is 17.3 Å². The highest BCUT2D eigenvalue weighted by molar-refractivity contribution is 5.90. The van der Waals surface area contributed by atoms with E-state index in [2.05, 4.69) is 0 Å². The molecule has 0 bridgehead atoms. The first-order valence-corrected chi connectivity index (χ1v) is 5.55. The van der Waals surface area contributed by atoms with Gasteiger partial charge in [0.2, 0.25) is 0 Å². The Morgan fingerprint density at radius 2 is 2.11 bits per heavy atom.